The molecule has 0 radical (unpaired) electrons. The molecule has 1 unspecified atom stereocenters. The van der Waals surface area contributed by atoms with Gasteiger partial charge in [0.2, 0.25) is 11.8 Å². The zero-order valence-corrected chi connectivity index (χ0v) is 10.1. The van der Waals surface area contributed by atoms with Gasteiger partial charge in [0.05, 0.1) is 12.6 Å². The van der Waals surface area contributed by atoms with Crippen molar-refractivity contribution in [1.82, 2.24) is 15.5 Å². The molecule has 5 nitrogen and oxygen atoms in total. The summed E-state index contributed by atoms with van der Waals surface area (Å²) in [5.41, 5.74) is 0. The van der Waals surface area contributed by atoms with Crippen LogP contribution in [0.25, 0.3) is 0 Å². The average molecular weight is 227 g/mol. The Kier molecular flexibility index (Phi) is 5.25. The van der Waals surface area contributed by atoms with E-state index in [4.69, 9.17) is 0 Å². The van der Waals surface area contributed by atoms with E-state index in [-0.39, 0.29) is 24.4 Å². The SMILES string of the molecule is CCCNC(=O)CN1CCCC(NC)C1=O. The Labute approximate surface area is 96.6 Å². The zero-order chi connectivity index (χ0) is 12.0. The summed E-state index contributed by atoms with van der Waals surface area (Å²) in [7, 11) is 1.78. The van der Waals surface area contributed by atoms with E-state index in [9.17, 15) is 9.59 Å². The second-order valence-corrected chi connectivity index (χ2v) is 4.09. The van der Waals surface area contributed by atoms with Crippen LogP contribution in [0.4, 0.5) is 0 Å². The van der Waals surface area contributed by atoms with Crippen molar-refractivity contribution in [2.75, 3.05) is 26.7 Å². The normalized spacial score (nSPS) is 21.0. The highest BCUT2D eigenvalue weighted by Crippen LogP contribution is 2.10. The number of carbonyl (C=O) groups excluding carboxylic acids is 2. The van der Waals surface area contributed by atoms with Gasteiger partial charge in [0.25, 0.3) is 0 Å². The number of hydrogen-bond acceptors (Lipinski definition) is 3. The van der Waals surface area contributed by atoms with Crippen molar-refractivity contribution < 1.29 is 9.59 Å². The molecule has 5 heteroatoms. The number of carbonyl (C=O) groups is 2. The third-order valence-corrected chi connectivity index (χ3v) is 2.79. The first kappa shape index (κ1) is 13.0. The number of piperidine rings is 1. The van der Waals surface area contributed by atoms with Gasteiger partial charge in [0, 0.05) is 13.1 Å². The molecular weight excluding hydrogens is 206 g/mol. The second kappa shape index (κ2) is 6.48. The first-order valence-corrected chi connectivity index (χ1v) is 5.91. The van der Waals surface area contributed by atoms with Crippen LogP contribution in [-0.2, 0) is 9.59 Å². The fraction of sp³-hybridized carbons (Fsp3) is 0.818. The van der Waals surface area contributed by atoms with Gasteiger partial charge in [-0.05, 0) is 26.3 Å². The van der Waals surface area contributed by atoms with E-state index in [1.54, 1.807) is 11.9 Å². The molecule has 0 aromatic carbocycles. The summed E-state index contributed by atoms with van der Waals surface area (Å²) in [5, 5.41) is 5.76. The number of amides is 2. The van der Waals surface area contributed by atoms with E-state index in [0.29, 0.717) is 13.1 Å². The molecule has 1 aliphatic heterocycles. The van der Waals surface area contributed by atoms with E-state index < -0.39 is 0 Å². The summed E-state index contributed by atoms with van der Waals surface area (Å²) < 4.78 is 0. The highest BCUT2D eigenvalue weighted by atomic mass is 16.2. The molecule has 2 N–H and O–H groups in total. The Morgan fingerprint density at radius 3 is 2.94 bits per heavy atom. The number of nitrogens with one attached hydrogen (secondary N) is 2. The molecule has 92 valence electrons. The molecular formula is C11H21N3O2. The van der Waals surface area contributed by atoms with Crippen molar-refractivity contribution in [2.45, 2.75) is 32.2 Å². The van der Waals surface area contributed by atoms with Crippen molar-refractivity contribution in [3.63, 3.8) is 0 Å². The van der Waals surface area contributed by atoms with Gasteiger partial charge in [0.1, 0.15) is 0 Å². The van der Waals surface area contributed by atoms with Gasteiger partial charge in [-0.3, -0.25) is 9.59 Å². The third-order valence-electron chi connectivity index (χ3n) is 2.79. The molecule has 1 saturated heterocycles. The van der Waals surface area contributed by atoms with Crippen LogP contribution in [0.5, 0.6) is 0 Å². The Bertz CT molecular complexity index is 256. The number of rotatable bonds is 5. The summed E-state index contributed by atoms with van der Waals surface area (Å²) >= 11 is 0. The van der Waals surface area contributed by atoms with Crippen molar-refractivity contribution in [2.24, 2.45) is 0 Å². The first-order chi connectivity index (χ1) is 7.69. The third kappa shape index (κ3) is 3.48. The second-order valence-electron chi connectivity index (χ2n) is 4.09. The summed E-state index contributed by atoms with van der Waals surface area (Å²) in [6.07, 6.45) is 2.74. The Morgan fingerprint density at radius 1 is 1.56 bits per heavy atom. The number of nitrogens with zero attached hydrogens (tertiary/aromatic N) is 1. The quantitative estimate of drug-likeness (QED) is 0.679. The number of likely N-dealkylation sites (tertiary alicyclic amines) is 1. The minimum Gasteiger partial charge on any atom is -0.355 e. The van der Waals surface area contributed by atoms with Crippen LogP contribution >= 0.6 is 0 Å². The van der Waals surface area contributed by atoms with E-state index >= 15 is 0 Å². The zero-order valence-electron chi connectivity index (χ0n) is 10.1. The topological polar surface area (TPSA) is 61.4 Å². The van der Waals surface area contributed by atoms with Gasteiger partial charge < -0.3 is 15.5 Å². The molecule has 0 saturated carbocycles. The molecule has 1 rings (SSSR count). The predicted molar refractivity (Wildman–Crippen MR) is 62.0 cm³/mol. The molecule has 1 fully saturated rings. The summed E-state index contributed by atoms with van der Waals surface area (Å²) in [4.78, 5) is 25.0. The van der Waals surface area contributed by atoms with Crippen molar-refractivity contribution in [3.05, 3.63) is 0 Å². The molecule has 0 spiro atoms. The van der Waals surface area contributed by atoms with Crippen molar-refractivity contribution >= 4 is 11.8 Å². The van der Waals surface area contributed by atoms with Crippen LogP contribution in [-0.4, -0.2) is 49.4 Å². The maximum Gasteiger partial charge on any atom is 0.240 e. The summed E-state index contributed by atoms with van der Waals surface area (Å²) in [5.74, 6) is -0.0210. The molecule has 1 aliphatic rings. The van der Waals surface area contributed by atoms with Gasteiger partial charge in [-0.1, -0.05) is 6.92 Å². The van der Waals surface area contributed by atoms with Crippen LogP contribution in [0.1, 0.15) is 26.2 Å². The van der Waals surface area contributed by atoms with Gasteiger partial charge in [0.15, 0.2) is 0 Å². The highest BCUT2D eigenvalue weighted by Gasteiger charge is 2.28. The van der Waals surface area contributed by atoms with E-state index in [1.165, 1.54) is 0 Å². The lowest BCUT2D eigenvalue weighted by atomic mass is 10.1. The molecule has 1 atom stereocenters. The van der Waals surface area contributed by atoms with Gasteiger partial charge in [-0.15, -0.1) is 0 Å². The Hall–Kier alpha value is -1.10. The smallest absolute Gasteiger partial charge is 0.240 e. The van der Waals surface area contributed by atoms with Gasteiger partial charge in [-0.2, -0.15) is 0 Å². The van der Waals surface area contributed by atoms with Crippen molar-refractivity contribution in [1.29, 1.82) is 0 Å². The minimum atomic E-state index is -0.118. The monoisotopic (exact) mass is 227 g/mol. The molecule has 16 heavy (non-hydrogen) atoms. The fourth-order valence-corrected chi connectivity index (χ4v) is 1.86. The predicted octanol–water partition coefficient (Wildman–Crippen LogP) is -0.277. The van der Waals surface area contributed by atoms with Crippen LogP contribution in [0.3, 0.4) is 0 Å². The Morgan fingerprint density at radius 2 is 2.31 bits per heavy atom. The van der Waals surface area contributed by atoms with Crippen LogP contribution in [0, 0.1) is 0 Å². The molecule has 0 aromatic heterocycles. The van der Waals surface area contributed by atoms with Crippen LogP contribution in [0.15, 0.2) is 0 Å². The van der Waals surface area contributed by atoms with E-state index in [0.717, 1.165) is 19.3 Å². The van der Waals surface area contributed by atoms with Crippen molar-refractivity contribution in [3.8, 4) is 0 Å². The van der Waals surface area contributed by atoms with Crippen LogP contribution < -0.4 is 10.6 Å². The average Bonchev–Trinajstić information content (AvgIpc) is 2.29. The standard InChI is InChI=1S/C11H21N3O2/c1-3-6-13-10(15)8-14-7-4-5-9(12-2)11(14)16/h9,12H,3-8H2,1-2H3,(H,13,15). The molecule has 1 heterocycles. The van der Waals surface area contributed by atoms with Gasteiger partial charge >= 0.3 is 0 Å². The molecule has 0 aliphatic carbocycles. The number of likely N-dealkylation sites (N-methyl/N-ethyl adjacent to an activating group) is 1. The fourth-order valence-electron chi connectivity index (χ4n) is 1.86. The summed E-state index contributed by atoms with van der Waals surface area (Å²) in [6.45, 7) is 3.56. The highest BCUT2D eigenvalue weighted by molar-refractivity contribution is 5.88. The number of hydrogen-bond donors (Lipinski definition) is 2. The van der Waals surface area contributed by atoms with Crippen LogP contribution in [0.2, 0.25) is 0 Å². The van der Waals surface area contributed by atoms with E-state index in [1.807, 2.05) is 6.92 Å². The lowest BCUT2D eigenvalue weighted by molar-refractivity contribution is -0.139. The first-order valence-electron chi connectivity index (χ1n) is 5.91. The molecule has 0 bridgehead atoms. The minimum absolute atomic E-state index is 0.0420. The lowest BCUT2D eigenvalue weighted by Gasteiger charge is -2.31. The molecule has 2 amide bonds. The van der Waals surface area contributed by atoms with E-state index in [2.05, 4.69) is 10.6 Å². The summed E-state index contributed by atoms with van der Waals surface area (Å²) in [6, 6.07) is -0.118. The Balaban J connectivity index is 2.40. The molecule has 0 aromatic rings. The maximum atomic E-state index is 11.8. The lowest BCUT2D eigenvalue weighted by Crippen LogP contribution is -2.52. The maximum absolute atomic E-state index is 11.8. The van der Waals surface area contributed by atoms with Gasteiger partial charge in [-0.25, -0.2) is 0 Å². The largest absolute Gasteiger partial charge is 0.355 e.